The monoisotopic (exact) mass is 309 g/mol. The Labute approximate surface area is 128 Å². The molecule has 0 aliphatic heterocycles. The highest BCUT2D eigenvalue weighted by atomic mass is 32.2. The second kappa shape index (κ2) is 8.31. The lowest BCUT2D eigenvalue weighted by Crippen LogP contribution is -2.41. The standard InChI is InChI=1S/C14H19N3O3S/c1-9-4-5-12(10(2)6-9)15-13(19)7-21-8-14(20)17-16-11(3)18/h4-6H,7-8H2,1-3H3,(H,15,19)(H,16,18)(H,17,20). The lowest BCUT2D eigenvalue weighted by atomic mass is 10.1. The van der Waals surface area contributed by atoms with Gasteiger partial charge in [0.15, 0.2) is 0 Å². The fourth-order valence-corrected chi connectivity index (χ4v) is 2.19. The molecule has 0 saturated carbocycles. The van der Waals surface area contributed by atoms with E-state index in [0.29, 0.717) is 0 Å². The van der Waals surface area contributed by atoms with Gasteiger partial charge in [0.2, 0.25) is 17.7 Å². The number of benzene rings is 1. The number of carbonyl (C=O) groups is 3. The lowest BCUT2D eigenvalue weighted by Gasteiger charge is -2.09. The Balaban J connectivity index is 2.31. The van der Waals surface area contributed by atoms with Crippen LogP contribution in [0, 0.1) is 13.8 Å². The van der Waals surface area contributed by atoms with Crippen LogP contribution in [0.5, 0.6) is 0 Å². The highest BCUT2D eigenvalue weighted by Crippen LogP contribution is 2.16. The van der Waals surface area contributed by atoms with Crippen molar-refractivity contribution < 1.29 is 14.4 Å². The molecule has 0 aliphatic carbocycles. The SMILES string of the molecule is CC(=O)NNC(=O)CSCC(=O)Nc1ccc(C)cc1C. The molecule has 1 aromatic rings. The average Bonchev–Trinajstić information content (AvgIpc) is 2.39. The maximum absolute atomic E-state index is 11.8. The number of amides is 3. The Bertz CT molecular complexity index is 546. The first-order valence-corrected chi connectivity index (χ1v) is 7.54. The van der Waals surface area contributed by atoms with Crippen molar-refractivity contribution in [1.29, 1.82) is 0 Å². The molecule has 0 radical (unpaired) electrons. The Hall–Kier alpha value is -2.02. The van der Waals surface area contributed by atoms with Crippen LogP contribution >= 0.6 is 11.8 Å². The average molecular weight is 309 g/mol. The molecule has 0 saturated heterocycles. The number of hydrogen-bond acceptors (Lipinski definition) is 4. The van der Waals surface area contributed by atoms with E-state index in [0.717, 1.165) is 16.8 Å². The van der Waals surface area contributed by atoms with Crippen molar-refractivity contribution in [3.8, 4) is 0 Å². The summed E-state index contributed by atoms with van der Waals surface area (Å²) in [6, 6.07) is 5.77. The molecular formula is C14H19N3O3S. The number of rotatable bonds is 5. The minimum Gasteiger partial charge on any atom is -0.325 e. The second-order valence-corrected chi connectivity index (χ2v) is 5.57. The van der Waals surface area contributed by atoms with Gasteiger partial charge in [0, 0.05) is 12.6 Å². The first-order valence-electron chi connectivity index (χ1n) is 6.38. The molecule has 0 heterocycles. The van der Waals surface area contributed by atoms with Crippen molar-refractivity contribution in [1.82, 2.24) is 10.9 Å². The minimum absolute atomic E-state index is 0.0978. The summed E-state index contributed by atoms with van der Waals surface area (Å²) < 4.78 is 0. The van der Waals surface area contributed by atoms with Crippen LogP contribution in [0.3, 0.4) is 0 Å². The molecule has 3 amide bonds. The number of anilines is 1. The fourth-order valence-electron chi connectivity index (χ4n) is 1.57. The number of nitrogens with one attached hydrogen (secondary N) is 3. The van der Waals surface area contributed by atoms with E-state index >= 15 is 0 Å². The van der Waals surface area contributed by atoms with Crippen molar-refractivity contribution in [2.45, 2.75) is 20.8 Å². The summed E-state index contributed by atoms with van der Waals surface area (Å²) in [5.74, 6) is -0.601. The molecule has 1 aromatic carbocycles. The Morgan fingerprint density at radius 1 is 1.05 bits per heavy atom. The van der Waals surface area contributed by atoms with Gasteiger partial charge in [-0.2, -0.15) is 0 Å². The van der Waals surface area contributed by atoms with Crippen LogP contribution in [0.2, 0.25) is 0 Å². The molecule has 7 heteroatoms. The molecule has 6 nitrogen and oxygen atoms in total. The van der Waals surface area contributed by atoms with Crippen LogP contribution in [0.25, 0.3) is 0 Å². The first kappa shape index (κ1) is 17.0. The molecule has 0 unspecified atom stereocenters. The summed E-state index contributed by atoms with van der Waals surface area (Å²) >= 11 is 1.17. The largest absolute Gasteiger partial charge is 0.325 e. The highest BCUT2D eigenvalue weighted by Gasteiger charge is 2.07. The summed E-state index contributed by atoms with van der Waals surface area (Å²) in [7, 11) is 0. The van der Waals surface area contributed by atoms with Gasteiger partial charge in [0.1, 0.15) is 0 Å². The van der Waals surface area contributed by atoms with Gasteiger partial charge in [-0.15, -0.1) is 11.8 Å². The fraction of sp³-hybridized carbons (Fsp3) is 0.357. The van der Waals surface area contributed by atoms with E-state index in [9.17, 15) is 14.4 Å². The quantitative estimate of drug-likeness (QED) is 0.712. The van der Waals surface area contributed by atoms with Crippen molar-refractivity contribution >= 4 is 35.2 Å². The van der Waals surface area contributed by atoms with Crippen molar-refractivity contribution in [2.75, 3.05) is 16.8 Å². The maximum atomic E-state index is 11.8. The molecule has 0 aromatic heterocycles. The molecule has 0 atom stereocenters. The zero-order valence-corrected chi connectivity index (χ0v) is 13.1. The van der Waals surface area contributed by atoms with E-state index < -0.39 is 0 Å². The second-order valence-electron chi connectivity index (χ2n) is 4.59. The minimum atomic E-state index is -0.352. The predicted molar refractivity (Wildman–Crippen MR) is 83.8 cm³/mol. The third-order valence-corrected chi connectivity index (χ3v) is 3.43. The summed E-state index contributed by atoms with van der Waals surface area (Å²) in [4.78, 5) is 33.7. The van der Waals surface area contributed by atoms with Crippen molar-refractivity contribution in [3.05, 3.63) is 29.3 Å². The van der Waals surface area contributed by atoms with Crippen LogP contribution in [0.15, 0.2) is 18.2 Å². The molecule has 21 heavy (non-hydrogen) atoms. The number of hydrogen-bond donors (Lipinski definition) is 3. The van der Waals surface area contributed by atoms with Crippen molar-refractivity contribution in [3.63, 3.8) is 0 Å². The van der Waals surface area contributed by atoms with Gasteiger partial charge in [-0.1, -0.05) is 17.7 Å². The topological polar surface area (TPSA) is 87.3 Å². The van der Waals surface area contributed by atoms with E-state index in [1.165, 1.54) is 18.7 Å². The smallest absolute Gasteiger partial charge is 0.248 e. The zero-order chi connectivity index (χ0) is 15.8. The normalized spacial score (nSPS) is 9.86. The van der Waals surface area contributed by atoms with E-state index in [-0.39, 0.29) is 29.2 Å². The van der Waals surface area contributed by atoms with Gasteiger partial charge in [0.05, 0.1) is 11.5 Å². The van der Waals surface area contributed by atoms with E-state index in [4.69, 9.17) is 0 Å². The van der Waals surface area contributed by atoms with Gasteiger partial charge in [0.25, 0.3) is 0 Å². The molecule has 0 bridgehead atoms. The van der Waals surface area contributed by atoms with Crippen LogP contribution in [0.4, 0.5) is 5.69 Å². The van der Waals surface area contributed by atoms with Crippen LogP contribution in [-0.2, 0) is 14.4 Å². The van der Waals surface area contributed by atoms with Crippen LogP contribution in [0.1, 0.15) is 18.1 Å². The lowest BCUT2D eigenvalue weighted by molar-refractivity contribution is -0.126. The number of thioether (sulfide) groups is 1. The van der Waals surface area contributed by atoms with Gasteiger partial charge in [-0.05, 0) is 25.5 Å². The van der Waals surface area contributed by atoms with Crippen LogP contribution < -0.4 is 16.2 Å². The maximum Gasteiger partial charge on any atom is 0.248 e. The highest BCUT2D eigenvalue weighted by molar-refractivity contribution is 8.00. The number of hydrazine groups is 1. The zero-order valence-electron chi connectivity index (χ0n) is 12.3. The number of aryl methyl sites for hydroxylation is 2. The third kappa shape index (κ3) is 6.80. The van der Waals surface area contributed by atoms with Gasteiger partial charge >= 0.3 is 0 Å². The molecule has 0 aliphatic rings. The summed E-state index contributed by atoms with van der Waals surface area (Å²) in [5.41, 5.74) is 7.32. The summed E-state index contributed by atoms with van der Waals surface area (Å²) in [6.45, 7) is 5.21. The predicted octanol–water partition coefficient (Wildman–Crippen LogP) is 1.14. The first-order chi connectivity index (χ1) is 9.88. The Morgan fingerprint density at radius 2 is 1.71 bits per heavy atom. The van der Waals surface area contributed by atoms with E-state index in [1.807, 2.05) is 32.0 Å². The molecular weight excluding hydrogens is 290 g/mol. The Morgan fingerprint density at radius 3 is 2.33 bits per heavy atom. The molecule has 3 N–H and O–H groups in total. The number of carbonyl (C=O) groups excluding carboxylic acids is 3. The molecule has 0 fully saturated rings. The van der Waals surface area contributed by atoms with Gasteiger partial charge in [-0.25, -0.2) is 0 Å². The van der Waals surface area contributed by atoms with Gasteiger partial charge in [-0.3, -0.25) is 25.2 Å². The molecule has 114 valence electrons. The summed E-state index contributed by atoms with van der Waals surface area (Å²) in [5, 5.41) is 2.80. The van der Waals surface area contributed by atoms with Crippen molar-refractivity contribution in [2.24, 2.45) is 0 Å². The Kier molecular flexibility index (Phi) is 6.74. The third-order valence-electron chi connectivity index (χ3n) is 2.50. The van der Waals surface area contributed by atoms with E-state index in [1.54, 1.807) is 0 Å². The summed E-state index contributed by atoms with van der Waals surface area (Å²) in [6.07, 6.45) is 0. The van der Waals surface area contributed by atoms with Gasteiger partial charge < -0.3 is 5.32 Å². The van der Waals surface area contributed by atoms with E-state index in [2.05, 4.69) is 16.2 Å². The van der Waals surface area contributed by atoms with Crippen LogP contribution in [-0.4, -0.2) is 29.2 Å². The molecule has 0 spiro atoms. The molecule has 1 rings (SSSR count).